The average molecular weight is 242 g/mol. The van der Waals surface area contributed by atoms with Gasteiger partial charge in [0.25, 0.3) is 0 Å². The van der Waals surface area contributed by atoms with Crippen LogP contribution in [-0.4, -0.2) is 9.78 Å². The molecule has 4 heteroatoms. The van der Waals surface area contributed by atoms with Gasteiger partial charge in [-0.2, -0.15) is 5.10 Å². The molecule has 16 heavy (non-hydrogen) atoms. The van der Waals surface area contributed by atoms with E-state index in [1.807, 2.05) is 4.68 Å². The number of hydrogen-bond acceptors (Lipinski definition) is 2. The molecule has 1 aliphatic rings. The highest BCUT2D eigenvalue weighted by atomic mass is 35.5. The van der Waals surface area contributed by atoms with Gasteiger partial charge in [-0.3, -0.25) is 0 Å². The van der Waals surface area contributed by atoms with Gasteiger partial charge in [-0.05, 0) is 18.8 Å². The van der Waals surface area contributed by atoms with E-state index in [1.54, 1.807) is 0 Å². The Hall–Kier alpha value is -0.700. The third kappa shape index (κ3) is 2.05. The molecule has 0 aromatic carbocycles. The summed E-state index contributed by atoms with van der Waals surface area (Å²) in [7, 11) is 0. The second-order valence-electron chi connectivity index (χ2n) is 4.98. The molecule has 0 aliphatic heterocycles. The number of anilines is 1. The molecule has 1 aromatic rings. The molecule has 0 spiro atoms. The van der Waals surface area contributed by atoms with Crippen molar-refractivity contribution in [1.29, 1.82) is 0 Å². The molecule has 90 valence electrons. The van der Waals surface area contributed by atoms with Crippen molar-refractivity contribution in [3.63, 3.8) is 0 Å². The second kappa shape index (κ2) is 4.66. The molecule has 2 rings (SSSR count). The number of rotatable bonds is 2. The third-order valence-electron chi connectivity index (χ3n) is 3.38. The van der Waals surface area contributed by atoms with E-state index in [4.69, 9.17) is 17.3 Å². The predicted octanol–water partition coefficient (Wildman–Crippen LogP) is 3.75. The highest BCUT2D eigenvalue weighted by Crippen LogP contribution is 2.35. The quantitative estimate of drug-likeness (QED) is 0.857. The van der Waals surface area contributed by atoms with Gasteiger partial charge in [-0.15, -0.1) is 0 Å². The molecule has 0 radical (unpaired) electrons. The van der Waals surface area contributed by atoms with Crippen LogP contribution in [-0.2, 0) is 0 Å². The summed E-state index contributed by atoms with van der Waals surface area (Å²) >= 11 is 6.22. The molecule has 1 aliphatic carbocycles. The van der Waals surface area contributed by atoms with Crippen molar-refractivity contribution >= 4 is 17.4 Å². The van der Waals surface area contributed by atoms with Crippen molar-refractivity contribution in [2.75, 3.05) is 5.73 Å². The summed E-state index contributed by atoms with van der Waals surface area (Å²) in [5.41, 5.74) is 6.98. The van der Waals surface area contributed by atoms with Crippen molar-refractivity contribution in [3.8, 4) is 0 Å². The zero-order chi connectivity index (χ0) is 11.7. The fraction of sp³-hybridized carbons (Fsp3) is 0.750. The number of nitrogen functional groups attached to an aromatic ring is 1. The van der Waals surface area contributed by atoms with Gasteiger partial charge in [0, 0.05) is 0 Å². The fourth-order valence-corrected chi connectivity index (χ4v) is 2.76. The lowest BCUT2D eigenvalue weighted by Crippen LogP contribution is -2.16. The first-order valence-corrected chi connectivity index (χ1v) is 6.52. The zero-order valence-electron chi connectivity index (χ0n) is 10.0. The van der Waals surface area contributed by atoms with E-state index in [0.29, 0.717) is 22.8 Å². The lowest BCUT2D eigenvalue weighted by molar-refractivity contribution is 0.331. The van der Waals surface area contributed by atoms with Gasteiger partial charge in [0.1, 0.15) is 10.8 Å². The molecule has 1 saturated carbocycles. The van der Waals surface area contributed by atoms with Crippen LogP contribution in [0.15, 0.2) is 0 Å². The van der Waals surface area contributed by atoms with E-state index in [0.717, 1.165) is 5.69 Å². The molecule has 1 fully saturated rings. The molecule has 3 nitrogen and oxygen atoms in total. The van der Waals surface area contributed by atoms with Gasteiger partial charge in [0.2, 0.25) is 0 Å². The fourth-order valence-electron chi connectivity index (χ4n) is 2.42. The highest BCUT2D eigenvalue weighted by Gasteiger charge is 2.23. The summed E-state index contributed by atoms with van der Waals surface area (Å²) in [6.45, 7) is 4.19. The Labute approximate surface area is 102 Å². The summed E-state index contributed by atoms with van der Waals surface area (Å²) in [4.78, 5) is 0. The first kappa shape index (κ1) is 11.8. The van der Waals surface area contributed by atoms with Crippen LogP contribution in [0.1, 0.15) is 63.6 Å². The van der Waals surface area contributed by atoms with Crippen molar-refractivity contribution in [2.45, 2.75) is 57.9 Å². The average Bonchev–Trinajstić information content (AvgIpc) is 2.58. The zero-order valence-corrected chi connectivity index (χ0v) is 10.8. The maximum atomic E-state index is 6.22. The topological polar surface area (TPSA) is 43.8 Å². The Balaban J connectivity index is 2.30. The van der Waals surface area contributed by atoms with Gasteiger partial charge in [-0.1, -0.05) is 44.7 Å². The van der Waals surface area contributed by atoms with Gasteiger partial charge >= 0.3 is 0 Å². The van der Waals surface area contributed by atoms with Crippen LogP contribution in [0.25, 0.3) is 0 Å². The molecule has 0 saturated heterocycles. The molecule has 0 atom stereocenters. The second-order valence-corrected chi connectivity index (χ2v) is 5.35. The lowest BCUT2D eigenvalue weighted by Gasteiger charge is -2.22. The Bertz CT molecular complexity index is 365. The molecule has 0 amide bonds. The molecule has 0 bridgehead atoms. The Morgan fingerprint density at radius 3 is 2.44 bits per heavy atom. The van der Waals surface area contributed by atoms with Crippen LogP contribution in [0, 0.1) is 0 Å². The Morgan fingerprint density at radius 2 is 1.94 bits per heavy atom. The van der Waals surface area contributed by atoms with E-state index in [2.05, 4.69) is 18.9 Å². The normalized spacial score (nSPS) is 18.2. The molecule has 0 unspecified atom stereocenters. The van der Waals surface area contributed by atoms with Crippen LogP contribution < -0.4 is 5.73 Å². The minimum atomic E-state index is 0.333. The summed E-state index contributed by atoms with van der Waals surface area (Å²) < 4.78 is 1.96. The van der Waals surface area contributed by atoms with E-state index in [9.17, 15) is 0 Å². The van der Waals surface area contributed by atoms with Crippen molar-refractivity contribution in [2.24, 2.45) is 0 Å². The molecule has 1 aromatic heterocycles. The maximum Gasteiger partial charge on any atom is 0.141 e. The number of nitrogens with two attached hydrogens (primary N) is 1. The summed E-state index contributed by atoms with van der Waals surface area (Å²) in [6, 6.07) is 0.457. The first-order valence-electron chi connectivity index (χ1n) is 6.14. The van der Waals surface area contributed by atoms with E-state index in [-0.39, 0.29) is 0 Å². The Morgan fingerprint density at radius 1 is 1.31 bits per heavy atom. The predicted molar refractivity (Wildman–Crippen MR) is 67.9 cm³/mol. The largest absolute Gasteiger partial charge is 0.383 e. The minimum absolute atomic E-state index is 0.333. The highest BCUT2D eigenvalue weighted by molar-refractivity contribution is 6.33. The standard InChI is InChI=1S/C12H20ClN3/c1-8(2)11-10(13)12(14)16(15-11)9-6-4-3-5-7-9/h8-9H,3-7,14H2,1-2H3. The number of nitrogens with zero attached hydrogens (tertiary/aromatic N) is 2. The first-order chi connectivity index (χ1) is 7.61. The number of halogens is 1. The maximum absolute atomic E-state index is 6.22. The summed E-state index contributed by atoms with van der Waals surface area (Å²) in [6.07, 6.45) is 6.25. The summed E-state index contributed by atoms with van der Waals surface area (Å²) in [5.74, 6) is 0.983. The van der Waals surface area contributed by atoms with Crippen molar-refractivity contribution < 1.29 is 0 Å². The smallest absolute Gasteiger partial charge is 0.141 e. The van der Waals surface area contributed by atoms with E-state index >= 15 is 0 Å². The van der Waals surface area contributed by atoms with Crippen molar-refractivity contribution in [3.05, 3.63) is 10.7 Å². The number of hydrogen-bond donors (Lipinski definition) is 1. The van der Waals surface area contributed by atoms with Crippen LogP contribution >= 0.6 is 11.6 Å². The van der Waals surface area contributed by atoms with Crippen LogP contribution in [0.3, 0.4) is 0 Å². The SMILES string of the molecule is CC(C)c1nn(C2CCCCC2)c(N)c1Cl. The van der Waals surface area contributed by atoms with Gasteiger partial charge < -0.3 is 5.73 Å². The molecular formula is C12H20ClN3. The van der Waals surface area contributed by atoms with Gasteiger partial charge in [-0.25, -0.2) is 4.68 Å². The Kier molecular flexibility index (Phi) is 3.43. The van der Waals surface area contributed by atoms with Crippen LogP contribution in [0.4, 0.5) is 5.82 Å². The lowest BCUT2D eigenvalue weighted by atomic mass is 9.96. The van der Waals surface area contributed by atoms with E-state index < -0.39 is 0 Å². The van der Waals surface area contributed by atoms with Crippen LogP contribution in [0.5, 0.6) is 0 Å². The summed E-state index contributed by atoms with van der Waals surface area (Å²) in [5, 5.41) is 5.25. The number of aromatic nitrogens is 2. The van der Waals surface area contributed by atoms with Gasteiger partial charge in [0.15, 0.2) is 0 Å². The monoisotopic (exact) mass is 241 g/mol. The molecule has 1 heterocycles. The van der Waals surface area contributed by atoms with E-state index in [1.165, 1.54) is 32.1 Å². The molecule has 2 N–H and O–H groups in total. The third-order valence-corrected chi connectivity index (χ3v) is 3.77. The molecular weight excluding hydrogens is 222 g/mol. The minimum Gasteiger partial charge on any atom is -0.383 e. The van der Waals surface area contributed by atoms with Gasteiger partial charge in [0.05, 0.1) is 11.7 Å². The van der Waals surface area contributed by atoms with Crippen molar-refractivity contribution in [1.82, 2.24) is 9.78 Å². The van der Waals surface area contributed by atoms with Crippen LogP contribution in [0.2, 0.25) is 5.02 Å².